The van der Waals surface area contributed by atoms with Gasteiger partial charge in [0.15, 0.2) is 0 Å². The van der Waals surface area contributed by atoms with Crippen LogP contribution in [0.4, 0.5) is 0 Å². The number of aliphatic hydroxyl groups is 1. The molecule has 2 N–H and O–H groups in total. The minimum absolute atomic E-state index is 0.119. The maximum absolute atomic E-state index is 11.0. The van der Waals surface area contributed by atoms with Crippen molar-refractivity contribution in [2.45, 2.75) is 32.1 Å². The van der Waals surface area contributed by atoms with Gasteiger partial charge in [0, 0.05) is 36.7 Å². The van der Waals surface area contributed by atoms with Crippen molar-refractivity contribution in [2.75, 3.05) is 13.2 Å². The molecule has 0 aliphatic rings. The summed E-state index contributed by atoms with van der Waals surface area (Å²) in [6.45, 7) is 0.610. The molecule has 0 spiro atoms. The van der Waals surface area contributed by atoms with Gasteiger partial charge in [-0.25, -0.2) is 0 Å². The standard InChI is InChI=1S/C28H29NO4/c30-17-4-18-33-25-13-11-24(12-14-25)29-20-23(10-7-21-5-2-1-3-6-21)26-19-22(8-15-27(26)29)9-16-28(31)32/h1-3,5-6,8,11-15,19-20,30H,4,7,9-10,16-18H2,(H,31,32). The van der Waals surface area contributed by atoms with Crippen LogP contribution < -0.4 is 4.74 Å². The fourth-order valence-electron chi connectivity index (χ4n) is 4.05. The van der Waals surface area contributed by atoms with Crippen LogP contribution >= 0.6 is 0 Å². The van der Waals surface area contributed by atoms with Crippen LogP contribution in [0.1, 0.15) is 29.5 Å². The molecule has 0 saturated carbocycles. The van der Waals surface area contributed by atoms with Crippen molar-refractivity contribution in [3.63, 3.8) is 0 Å². The Morgan fingerprint density at radius 3 is 2.39 bits per heavy atom. The molecule has 1 heterocycles. The van der Waals surface area contributed by atoms with Gasteiger partial charge in [-0.3, -0.25) is 4.79 Å². The van der Waals surface area contributed by atoms with Crippen LogP contribution in [0.2, 0.25) is 0 Å². The zero-order chi connectivity index (χ0) is 23.0. The first-order chi connectivity index (χ1) is 16.1. The van der Waals surface area contributed by atoms with Crippen molar-refractivity contribution < 1.29 is 19.7 Å². The van der Waals surface area contributed by atoms with E-state index in [0.29, 0.717) is 19.4 Å². The van der Waals surface area contributed by atoms with Crippen molar-refractivity contribution >= 4 is 16.9 Å². The SMILES string of the molecule is O=C(O)CCc1ccc2c(c1)c(CCc1ccccc1)cn2-c1ccc(OCCCO)cc1. The molecular weight excluding hydrogens is 414 g/mol. The van der Waals surface area contributed by atoms with E-state index in [9.17, 15) is 4.79 Å². The Hall–Kier alpha value is -3.57. The minimum atomic E-state index is -0.779. The fraction of sp³-hybridized carbons (Fsp3) is 0.250. The smallest absolute Gasteiger partial charge is 0.303 e. The molecule has 3 aromatic carbocycles. The van der Waals surface area contributed by atoms with E-state index in [2.05, 4.69) is 47.2 Å². The third-order valence-electron chi connectivity index (χ3n) is 5.79. The highest BCUT2D eigenvalue weighted by molar-refractivity contribution is 5.86. The Morgan fingerprint density at radius 2 is 1.67 bits per heavy atom. The van der Waals surface area contributed by atoms with Gasteiger partial charge in [-0.15, -0.1) is 0 Å². The highest BCUT2D eigenvalue weighted by Gasteiger charge is 2.12. The summed E-state index contributed by atoms with van der Waals surface area (Å²) in [5.74, 6) is 0.00202. The fourth-order valence-corrected chi connectivity index (χ4v) is 4.05. The van der Waals surface area contributed by atoms with Crippen LogP contribution in [0.25, 0.3) is 16.6 Å². The number of hydrogen-bond acceptors (Lipinski definition) is 3. The topological polar surface area (TPSA) is 71.7 Å². The Kier molecular flexibility index (Phi) is 7.43. The van der Waals surface area contributed by atoms with E-state index in [1.807, 2.05) is 36.4 Å². The molecule has 0 saturated heterocycles. The summed E-state index contributed by atoms with van der Waals surface area (Å²) < 4.78 is 7.85. The van der Waals surface area contributed by atoms with Crippen molar-refractivity contribution in [1.29, 1.82) is 0 Å². The van der Waals surface area contributed by atoms with Gasteiger partial charge < -0.3 is 19.5 Å². The van der Waals surface area contributed by atoms with Crippen LogP contribution in [0.3, 0.4) is 0 Å². The van der Waals surface area contributed by atoms with Gasteiger partial charge in [0.2, 0.25) is 0 Å². The van der Waals surface area contributed by atoms with Crippen LogP contribution in [-0.4, -0.2) is 34.0 Å². The molecule has 170 valence electrons. The van der Waals surface area contributed by atoms with E-state index >= 15 is 0 Å². The summed E-state index contributed by atoms with van der Waals surface area (Å²) in [4.78, 5) is 11.0. The quantitative estimate of drug-likeness (QED) is 0.313. The lowest BCUT2D eigenvalue weighted by molar-refractivity contribution is -0.136. The molecule has 0 atom stereocenters. The number of aromatic nitrogens is 1. The molecule has 4 rings (SSSR count). The molecule has 33 heavy (non-hydrogen) atoms. The molecule has 0 unspecified atom stereocenters. The van der Waals surface area contributed by atoms with E-state index in [-0.39, 0.29) is 13.0 Å². The Balaban J connectivity index is 1.64. The first-order valence-electron chi connectivity index (χ1n) is 11.4. The normalized spacial score (nSPS) is 11.1. The second-order valence-electron chi connectivity index (χ2n) is 8.17. The Morgan fingerprint density at radius 1 is 0.879 bits per heavy atom. The van der Waals surface area contributed by atoms with Crippen molar-refractivity contribution in [1.82, 2.24) is 4.57 Å². The number of ether oxygens (including phenoxy) is 1. The molecule has 0 fully saturated rings. The van der Waals surface area contributed by atoms with E-state index in [0.717, 1.165) is 40.7 Å². The number of hydrogen-bond donors (Lipinski definition) is 2. The van der Waals surface area contributed by atoms with Gasteiger partial charge in [-0.2, -0.15) is 0 Å². The summed E-state index contributed by atoms with van der Waals surface area (Å²) in [7, 11) is 0. The van der Waals surface area contributed by atoms with Crippen molar-refractivity contribution in [3.8, 4) is 11.4 Å². The lowest BCUT2D eigenvalue weighted by Gasteiger charge is -2.09. The molecule has 5 heteroatoms. The maximum Gasteiger partial charge on any atom is 0.303 e. The minimum Gasteiger partial charge on any atom is -0.494 e. The van der Waals surface area contributed by atoms with Gasteiger partial charge >= 0.3 is 5.97 Å². The number of benzene rings is 3. The average molecular weight is 444 g/mol. The molecule has 0 aliphatic carbocycles. The summed E-state index contributed by atoms with van der Waals surface area (Å²) in [5.41, 5.74) is 5.72. The van der Waals surface area contributed by atoms with Crippen molar-refractivity contribution in [3.05, 3.63) is 95.7 Å². The van der Waals surface area contributed by atoms with Crippen LogP contribution in [0, 0.1) is 0 Å². The molecule has 0 amide bonds. The monoisotopic (exact) mass is 443 g/mol. The van der Waals surface area contributed by atoms with Gasteiger partial charge in [-0.1, -0.05) is 36.4 Å². The first-order valence-corrected chi connectivity index (χ1v) is 11.4. The third kappa shape index (κ3) is 5.82. The average Bonchev–Trinajstić information content (AvgIpc) is 3.20. The van der Waals surface area contributed by atoms with Crippen LogP contribution in [-0.2, 0) is 24.1 Å². The second-order valence-corrected chi connectivity index (χ2v) is 8.17. The molecule has 1 aromatic heterocycles. The second kappa shape index (κ2) is 10.8. The molecule has 0 radical (unpaired) electrons. The lowest BCUT2D eigenvalue weighted by Crippen LogP contribution is -2.00. The third-order valence-corrected chi connectivity index (χ3v) is 5.79. The molecule has 0 bridgehead atoms. The first kappa shape index (κ1) is 22.6. The zero-order valence-corrected chi connectivity index (χ0v) is 18.6. The number of aliphatic carboxylic acids is 1. The largest absolute Gasteiger partial charge is 0.494 e. The van der Waals surface area contributed by atoms with Crippen LogP contribution in [0.15, 0.2) is 79.0 Å². The molecular formula is C28H29NO4. The van der Waals surface area contributed by atoms with E-state index in [1.165, 1.54) is 11.1 Å². The van der Waals surface area contributed by atoms with Gasteiger partial charge in [0.25, 0.3) is 0 Å². The number of carboxylic acid groups (broad SMARTS) is 1. The lowest BCUT2D eigenvalue weighted by atomic mass is 10.0. The predicted octanol–water partition coefficient (Wildman–Crippen LogP) is 5.19. The summed E-state index contributed by atoms with van der Waals surface area (Å²) >= 11 is 0. The van der Waals surface area contributed by atoms with Gasteiger partial charge in [0.05, 0.1) is 12.1 Å². The molecule has 5 nitrogen and oxygen atoms in total. The Bertz CT molecular complexity index is 1200. The molecule has 0 aliphatic heterocycles. The van der Waals surface area contributed by atoms with E-state index in [4.69, 9.17) is 14.9 Å². The number of rotatable bonds is 11. The number of fused-ring (bicyclic) bond motifs is 1. The van der Waals surface area contributed by atoms with Crippen molar-refractivity contribution in [2.24, 2.45) is 0 Å². The number of nitrogens with zero attached hydrogens (tertiary/aromatic N) is 1. The summed E-state index contributed by atoms with van der Waals surface area (Å²) in [6, 6.07) is 24.7. The van der Waals surface area contributed by atoms with E-state index < -0.39 is 5.97 Å². The zero-order valence-electron chi connectivity index (χ0n) is 18.6. The Labute approximate surface area is 193 Å². The number of carbonyl (C=O) groups is 1. The number of carboxylic acids is 1. The summed E-state index contributed by atoms with van der Waals surface area (Å²) in [5, 5.41) is 19.2. The van der Waals surface area contributed by atoms with Crippen LogP contribution in [0.5, 0.6) is 5.75 Å². The maximum atomic E-state index is 11.0. The highest BCUT2D eigenvalue weighted by atomic mass is 16.5. The number of aliphatic hydroxyl groups excluding tert-OH is 1. The number of aryl methyl sites for hydroxylation is 3. The van der Waals surface area contributed by atoms with E-state index in [1.54, 1.807) is 0 Å². The summed E-state index contributed by atoms with van der Waals surface area (Å²) in [6.07, 6.45) is 5.29. The predicted molar refractivity (Wildman–Crippen MR) is 130 cm³/mol. The highest BCUT2D eigenvalue weighted by Crippen LogP contribution is 2.28. The molecule has 4 aromatic rings. The van der Waals surface area contributed by atoms with Gasteiger partial charge in [0.1, 0.15) is 5.75 Å². The van der Waals surface area contributed by atoms with Gasteiger partial charge in [-0.05, 0) is 72.4 Å².